The van der Waals surface area contributed by atoms with Gasteiger partial charge in [0.15, 0.2) is 0 Å². The summed E-state index contributed by atoms with van der Waals surface area (Å²) in [7, 11) is 0. The molecule has 0 aliphatic carbocycles. The highest BCUT2D eigenvalue weighted by atomic mass is 16.5. The van der Waals surface area contributed by atoms with Gasteiger partial charge in [0, 0.05) is 6.08 Å². The van der Waals surface area contributed by atoms with Gasteiger partial charge in [-0.3, -0.25) is 4.79 Å². The number of carboxylic acid groups (broad SMARTS) is 1. The van der Waals surface area contributed by atoms with E-state index in [2.05, 4.69) is 4.74 Å². The van der Waals surface area contributed by atoms with Crippen molar-refractivity contribution < 1.29 is 24.2 Å². The molecule has 17 heavy (non-hydrogen) atoms. The van der Waals surface area contributed by atoms with Gasteiger partial charge in [-0.25, -0.2) is 4.79 Å². The molecule has 0 saturated carbocycles. The molecule has 0 fully saturated rings. The van der Waals surface area contributed by atoms with Crippen LogP contribution in [-0.4, -0.2) is 30.8 Å². The Hall–Kier alpha value is -2.30. The van der Waals surface area contributed by atoms with E-state index in [0.717, 1.165) is 11.6 Å². The average molecular weight is 236 g/mol. The molecule has 0 unspecified atom stereocenters. The molecule has 0 aliphatic heterocycles. The molecule has 0 radical (unpaired) electrons. The fourth-order valence-electron chi connectivity index (χ4n) is 1.13. The Kier molecular flexibility index (Phi) is 5.30. The summed E-state index contributed by atoms with van der Waals surface area (Å²) in [5, 5.41) is 8.48. The van der Waals surface area contributed by atoms with Crippen molar-refractivity contribution in [2.45, 2.75) is 0 Å². The van der Waals surface area contributed by atoms with E-state index in [1.165, 1.54) is 6.08 Å². The monoisotopic (exact) mass is 236 g/mol. The van der Waals surface area contributed by atoms with Gasteiger partial charge in [0.2, 0.25) is 0 Å². The van der Waals surface area contributed by atoms with E-state index in [0.29, 0.717) is 12.2 Å². The summed E-state index contributed by atoms with van der Waals surface area (Å²) in [6.07, 6.45) is 2.52. The summed E-state index contributed by atoms with van der Waals surface area (Å²) in [5.41, 5.74) is 0.723. The second-order valence-corrected chi connectivity index (χ2v) is 3.06. The fourth-order valence-corrected chi connectivity index (χ4v) is 1.13. The summed E-state index contributed by atoms with van der Waals surface area (Å²) in [4.78, 5) is 20.2. The van der Waals surface area contributed by atoms with Crippen LogP contribution in [0.5, 0.6) is 5.75 Å². The van der Waals surface area contributed by atoms with E-state index in [1.807, 2.05) is 0 Å². The van der Waals surface area contributed by atoms with Crippen molar-refractivity contribution in [2.24, 2.45) is 0 Å². The maximum Gasteiger partial charge on any atom is 0.328 e. The summed E-state index contributed by atoms with van der Waals surface area (Å²) >= 11 is 0. The fraction of sp³-hybridized carbons (Fsp3) is 0.167. The van der Waals surface area contributed by atoms with E-state index in [-0.39, 0.29) is 13.2 Å². The first kappa shape index (κ1) is 12.8. The average Bonchev–Trinajstić information content (AvgIpc) is 2.33. The summed E-state index contributed by atoms with van der Waals surface area (Å²) in [6.45, 7) is 0.791. The van der Waals surface area contributed by atoms with E-state index < -0.39 is 5.97 Å². The first-order chi connectivity index (χ1) is 8.22. The largest absolute Gasteiger partial charge is 0.490 e. The van der Waals surface area contributed by atoms with Crippen LogP contribution in [0.4, 0.5) is 0 Å². The zero-order chi connectivity index (χ0) is 12.5. The second kappa shape index (κ2) is 7.05. The van der Waals surface area contributed by atoms with Crippen molar-refractivity contribution in [3.8, 4) is 5.75 Å². The van der Waals surface area contributed by atoms with Gasteiger partial charge in [0.1, 0.15) is 19.0 Å². The Morgan fingerprint density at radius 3 is 2.88 bits per heavy atom. The molecule has 5 nitrogen and oxygen atoms in total. The number of benzene rings is 1. The highest BCUT2D eigenvalue weighted by Gasteiger charge is 1.95. The van der Waals surface area contributed by atoms with Gasteiger partial charge in [-0.05, 0) is 23.8 Å². The standard InChI is InChI=1S/C12H12O5/c13-9-16-6-7-17-11-3-1-2-10(8-11)4-5-12(14)15/h1-5,8-9H,6-7H2,(H,14,15)/b5-4+. The quantitative estimate of drug-likeness (QED) is 0.439. The minimum absolute atomic E-state index is 0.179. The number of aliphatic carboxylic acids is 1. The van der Waals surface area contributed by atoms with Crippen molar-refractivity contribution in [1.29, 1.82) is 0 Å². The Bertz CT molecular complexity index is 411. The van der Waals surface area contributed by atoms with Gasteiger partial charge in [-0.1, -0.05) is 12.1 Å². The molecular formula is C12H12O5. The van der Waals surface area contributed by atoms with Crippen LogP contribution in [0.1, 0.15) is 5.56 Å². The lowest BCUT2D eigenvalue weighted by Gasteiger charge is -2.05. The minimum atomic E-state index is -1.00. The number of ether oxygens (including phenoxy) is 2. The van der Waals surface area contributed by atoms with Crippen LogP contribution < -0.4 is 4.74 Å². The lowest BCUT2D eigenvalue weighted by molar-refractivity contribution is -0.131. The van der Waals surface area contributed by atoms with Gasteiger partial charge >= 0.3 is 5.97 Å². The smallest absolute Gasteiger partial charge is 0.328 e. The minimum Gasteiger partial charge on any atom is -0.490 e. The number of carbonyl (C=O) groups is 2. The zero-order valence-electron chi connectivity index (χ0n) is 9.04. The Morgan fingerprint density at radius 2 is 2.18 bits per heavy atom. The van der Waals surface area contributed by atoms with Crippen LogP contribution in [0.3, 0.4) is 0 Å². The number of rotatable bonds is 7. The van der Waals surface area contributed by atoms with E-state index >= 15 is 0 Å². The van der Waals surface area contributed by atoms with Crippen molar-refractivity contribution >= 4 is 18.5 Å². The molecule has 0 bridgehead atoms. The van der Waals surface area contributed by atoms with Gasteiger partial charge < -0.3 is 14.6 Å². The molecule has 0 amide bonds. The molecule has 90 valence electrons. The number of hydrogen-bond acceptors (Lipinski definition) is 4. The maximum absolute atomic E-state index is 10.3. The number of hydrogen-bond donors (Lipinski definition) is 1. The van der Waals surface area contributed by atoms with E-state index in [4.69, 9.17) is 9.84 Å². The number of carbonyl (C=O) groups excluding carboxylic acids is 1. The second-order valence-electron chi connectivity index (χ2n) is 3.06. The van der Waals surface area contributed by atoms with Crippen molar-refractivity contribution in [2.75, 3.05) is 13.2 Å². The maximum atomic E-state index is 10.3. The van der Waals surface area contributed by atoms with Gasteiger partial charge in [-0.15, -0.1) is 0 Å². The number of carboxylic acids is 1. The first-order valence-electron chi connectivity index (χ1n) is 4.91. The normalized spacial score (nSPS) is 10.1. The van der Waals surface area contributed by atoms with Crippen LogP contribution in [0.15, 0.2) is 30.3 Å². The molecule has 1 N–H and O–H groups in total. The highest BCUT2D eigenvalue weighted by molar-refractivity contribution is 5.85. The Labute approximate surface area is 98.3 Å². The molecular weight excluding hydrogens is 224 g/mol. The molecule has 1 aromatic rings. The Morgan fingerprint density at radius 1 is 1.35 bits per heavy atom. The molecule has 0 heterocycles. The topological polar surface area (TPSA) is 72.8 Å². The predicted molar refractivity (Wildman–Crippen MR) is 60.6 cm³/mol. The highest BCUT2D eigenvalue weighted by Crippen LogP contribution is 2.14. The van der Waals surface area contributed by atoms with Crippen molar-refractivity contribution in [3.63, 3.8) is 0 Å². The molecule has 1 aromatic carbocycles. The van der Waals surface area contributed by atoms with Gasteiger partial charge in [-0.2, -0.15) is 0 Å². The van der Waals surface area contributed by atoms with Gasteiger partial charge in [0.05, 0.1) is 0 Å². The third kappa shape index (κ3) is 5.36. The summed E-state index contributed by atoms with van der Waals surface area (Å²) in [6, 6.07) is 6.94. The molecule has 1 rings (SSSR count). The summed E-state index contributed by atoms with van der Waals surface area (Å²) in [5.74, 6) is -0.414. The van der Waals surface area contributed by atoms with Crippen LogP contribution in [0.2, 0.25) is 0 Å². The van der Waals surface area contributed by atoms with Crippen LogP contribution >= 0.6 is 0 Å². The van der Waals surface area contributed by atoms with Crippen molar-refractivity contribution in [1.82, 2.24) is 0 Å². The molecule has 0 spiro atoms. The SMILES string of the molecule is O=COCCOc1cccc(/C=C/C(=O)O)c1. The van der Waals surface area contributed by atoms with Crippen LogP contribution in [-0.2, 0) is 14.3 Å². The van der Waals surface area contributed by atoms with E-state index in [1.54, 1.807) is 24.3 Å². The predicted octanol–water partition coefficient (Wildman–Crippen LogP) is 1.34. The van der Waals surface area contributed by atoms with Crippen LogP contribution in [0, 0.1) is 0 Å². The lowest BCUT2D eigenvalue weighted by atomic mass is 10.2. The van der Waals surface area contributed by atoms with Gasteiger partial charge in [0.25, 0.3) is 6.47 Å². The third-order valence-corrected chi connectivity index (χ3v) is 1.81. The van der Waals surface area contributed by atoms with E-state index in [9.17, 15) is 9.59 Å². The summed E-state index contributed by atoms with van der Waals surface area (Å²) < 4.78 is 9.76. The zero-order valence-corrected chi connectivity index (χ0v) is 9.04. The third-order valence-electron chi connectivity index (χ3n) is 1.81. The lowest BCUT2D eigenvalue weighted by Crippen LogP contribution is -2.05. The molecule has 0 aliphatic rings. The van der Waals surface area contributed by atoms with Crippen LogP contribution in [0.25, 0.3) is 6.08 Å². The molecule has 0 aromatic heterocycles. The molecule has 0 atom stereocenters. The molecule has 0 saturated heterocycles. The first-order valence-corrected chi connectivity index (χ1v) is 4.91. The molecule has 5 heteroatoms. The Balaban J connectivity index is 2.53. The van der Waals surface area contributed by atoms with Crippen molar-refractivity contribution in [3.05, 3.63) is 35.9 Å².